The van der Waals surface area contributed by atoms with Crippen LogP contribution < -0.4 is 20.3 Å². The predicted molar refractivity (Wildman–Crippen MR) is 93.8 cm³/mol. The van der Waals surface area contributed by atoms with Gasteiger partial charge in [0.2, 0.25) is 0 Å². The van der Waals surface area contributed by atoms with Gasteiger partial charge < -0.3 is 14.8 Å². The summed E-state index contributed by atoms with van der Waals surface area (Å²) in [7, 11) is 1.36. The first-order chi connectivity index (χ1) is 12.0. The highest BCUT2D eigenvalue weighted by molar-refractivity contribution is 7.80. The molecule has 0 bridgehead atoms. The van der Waals surface area contributed by atoms with Crippen molar-refractivity contribution in [3.63, 3.8) is 0 Å². The molecular formula is C17H17FN2O4S. The zero-order valence-corrected chi connectivity index (χ0v) is 14.2. The Balaban J connectivity index is 1.79. The molecule has 0 fully saturated rings. The molecule has 3 N–H and O–H groups in total. The van der Waals surface area contributed by atoms with Crippen molar-refractivity contribution in [2.24, 2.45) is 0 Å². The summed E-state index contributed by atoms with van der Waals surface area (Å²) in [5.74, 6) is -0.324. The molecule has 0 saturated carbocycles. The van der Waals surface area contributed by atoms with Crippen LogP contribution >= 0.6 is 12.2 Å². The molecule has 2 rings (SSSR count). The molecule has 0 spiro atoms. The lowest BCUT2D eigenvalue weighted by Crippen LogP contribution is -2.28. The molecule has 0 aliphatic rings. The molecular weight excluding hydrogens is 347 g/mol. The van der Waals surface area contributed by atoms with E-state index in [9.17, 15) is 9.18 Å². The molecule has 0 aromatic heterocycles. The third-order valence-electron chi connectivity index (χ3n) is 3.29. The number of rotatable bonds is 7. The molecule has 0 heterocycles. The van der Waals surface area contributed by atoms with Gasteiger partial charge in [-0.3, -0.25) is 15.5 Å². The largest absolute Gasteiger partial charge is 0.494 e. The predicted octanol–water partition coefficient (Wildman–Crippen LogP) is 2.30. The highest BCUT2D eigenvalue weighted by atomic mass is 32.1. The van der Waals surface area contributed by atoms with Gasteiger partial charge in [-0.05, 0) is 42.5 Å². The van der Waals surface area contributed by atoms with Crippen molar-refractivity contribution in [1.82, 2.24) is 10.8 Å². The number of ether oxygens (including phenoxy) is 2. The number of nitrogens with one attached hydrogen (secondary N) is 2. The monoisotopic (exact) mass is 364 g/mol. The van der Waals surface area contributed by atoms with E-state index in [1.807, 2.05) is 5.48 Å². The van der Waals surface area contributed by atoms with Gasteiger partial charge in [-0.2, -0.15) is 0 Å². The molecule has 8 heteroatoms. The number of methoxy groups -OCH3 is 1. The fraction of sp³-hybridized carbons (Fsp3) is 0.176. The number of hydrogen-bond acceptors (Lipinski definition) is 5. The van der Waals surface area contributed by atoms with Gasteiger partial charge >= 0.3 is 0 Å². The summed E-state index contributed by atoms with van der Waals surface area (Å²) in [6.45, 7) is 0.497. The normalized spacial score (nSPS) is 10.0. The van der Waals surface area contributed by atoms with Gasteiger partial charge in [0.15, 0.2) is 11.6 Å². The minimum Gasteiger partial charge on any atom is -0.494 e. The Hall–Kier alpha value is -2.71. The van der Waals surface area contributed by atoms with Crippen LogP contribution in [0.1, 0.15) is 15.9 Å². The maximum Gasteiger partial charge on any atom is 0.251 e. The Morgan fingerprint density at radius 3 is 2.48 bits per heavy atom. The van der Waals surface area contributed by atoms with Gasteiger partial charge in [0, 0.05) is 11.1 Å². The first-order valence-electron chi connectivity index (χ1n) is 7.34. The van der Waals surface area contributed by atoms with Gasteiger partial charge in [0.05, 0.1) is 13.7 Å². The van der Waals surface area contributed by atoms with Crippen LogP contribution in [0.2, 0.25) is 0 Å². The zero-order chi connectivity index (χ0) is 18.2. The number of carbonyl (C=O) groups is 1. The van der Waals surface area contributed by atoms with Gasteiger partial charge in [0.1, 0.15) is 17.3 Å². The Morgan fingerprint density at radius 1 is 1.20 bits per heavy atom. The molecule has 2 aromatic rings. The van der Waals surface area contributed by atoms with E-state index < -0.39 is 11.7 Å². The van der Waals surface area contributed by atoms with Crippen LogP contribution in [0.15, 0.2) is 42.5 Å². The van der Waals surface area contributed by atoms with Crippen LogP contribution in [-0.2, 0) is 0 Å². The van der Waals surface area contributed by atoms with E-state index in [0.29, 0.717) is 11.3 Å². The fourth-order valence-electron chi connectivity index (χ4n) is 2.01. The molecule has 0 unspecified atom stereocenters. The summed E-state index contributed by atoms with van der Waals surface area (Å²) in [5, 5.41) is 11.4. The number of thiocarbonyl (C=S) groups is 1. The van der Waals surface area contributed by atoms with Crippen molar-refractivity contribution >= 4 is 23.1 Å². The number of halogens is 1. The van der Waals surface area contributed by atoms with Crippen LogP contribution in [0, 0.1) is 5.82 Å². The van der Waals surface area contributed by atoms with Gasteiger partial charge in [-0.25, -0.2) is 4.39 Å². The quantitative estimate of drug-likeness (QED) is 0.397. The van der Waals surface area contributed by atoms with E-state index in [0.717, 1.165) is 6.07 Å². The summed E-state index contributed by atoms with van der Waals surface area (Å²) < 4.78 is 23.9. The van der Waals surface area contributed by atoms with Crippen LogP contribution in [0.3, 0.4) is 0 Å². The highest BCUT2D eigenvalue weighted by Gasteiger charge is 2.09. The second-order valence-corrected chi connectivity index (χ2v) is 5.33. The first kappa shape index (κ1) is 18.6. The Kier molecular flexibility index (Phi) is 6.67. The van der Waals surface area contributed by atoms with Crippen molar-refractivity contribution < 1.29 is 23.9 Å². The molecule has 2 aromatic carbocycles. The molecule has 0 saturated heterocycles. The van der Waals surface area contributed by atoms with E-state index in [1.54, 1.807) is 24.3 Å². The number of hydrogen-bond donors (Lipinski definition) is 3. The topological polar surface area (TPSA) is 79.8 Å². The van der Waals surface area contributed by atoms with Gasteiger partial charge in [-0.1, -0.05) is 12.2 Å². The van der Waals surface area contributed by atoms with Gasteiger partial charge in [-0.15, -0.1) is 0 Å². The molecule has 25 heavy (non-hydrogen) atoms. The summed E-state index contributed by atoms with van der Waals surface area (Å²) in [6.07, 6.45) is 0. The van der Waals surface area contributed by atoms with Gasteiger partial charge in [0.25, 0.3) is 5.91 Å². The molecule has 1 amide bonds. The summed E-state index contributed by atoms with van der Waals surface area (Å²) >= 11 is 4.89. The average molecular weight is 364 g/mol. The lowest BCUT2D eigenvalue weighted by atomic mass is 10.2. The summed E-state index contributed by atoms with van der Waals surface area (Å²) in [5.41, 5.74) is 2.75. The Labute approximate surface area is 149 Å². The lowest BCUT2D eigenvalue weighted by Gasteiger charge is -2.09. The van der Waals surface area contributed by atoms with Crippen LogP contribution in [0.25, 0.3) is 0 Å². The smallest absolute Gasteiger partial charge is 0.251 e. The van der Waals surface area contributed by atoms with E-state index >= 15 is 0 Å². The zero-order valence-electron chi connectivity index (χ0n) is 13.4. The van der Waals surface area contributed by atoms with Crippen molar-refractivity contribution in [1.29, 1.82) is 0 Å². The second kappa shape index (κ2) is 8.95. The minimum atomic E-state index is -0.596. The van der Waals surface area contributed by atoms with E-state index in [2.05, 4.69) is 5.32 Å². The summed E-state index contributed by atoms with van der Waals surface area (Å²) in [6, 6.07) is 10.8. The standard InChI is InChI=1S/C17H17FN2O4S/c1-23-15-7-4-12(10-14(15)18)16(21)19-8-9-24-13-5-2-11(3-6-13)17(25)20-22/h2-7,10,22H,8-9H2,1H3,(H,19,21)(H,20,25). The number of carbonyl (C=O) groups excluding carboxylic acids is 1. The molecule has 132 valence electrons. The maximum atomic E-state index is 13.6. The number of benzene rings is 2. The third-order valence-corrected chi connectivity index (χ3v) is 3.62. The van der Waals surface area contributed by atoms with Crippen molar-refractivity contribution in [3.05, 3.63) is 59.4 Å². The molecule has 0 aliphatic heterocycles. The third kappa shape index (κ3) is 5.13. The van der Waals surface area contributed by atoms with Crippen LogP contribution in [-0.4, -0.2) is 36.4 Å². The maximum absolute atomic E-state index is 13.6. The van der Waals surface area contributed by atoms with E-state index in [-0.39, 0.29) is 29.5 Å². The summed E-state index contributed by atoms with van der Waals surface area (Å²) in [4.78, 5) is 12.2. The lowest BCUT2D eigenvalue weighted by molar-refractivity contribution is 0.0946. The second-order valence-electron chi connectivity index (χ2n) is 4.92. The highest BCUT2D eigenvalue weighted by Crippen LogP contribution is 2.17. The number of amides is 1. The first-order valence-corrected chi connectivity index (χ1v) is 7.75. The average Bonchev–Trinajstić information content (AvgIpc) is 2.64. The molecule has 6 nitrogen and oxygen atoms in total. The minimum absolute atomic E-state index is 0.0826. The van der Waals surface area contributed by atoms with E-state index in [4.69, 9.17) is 26.9 Å². The fourth-order valence-corrected chi connectivity index (χ4v) is 2.15. The number of hydroxylamine groups is 1. The van der Waals surface area contributed by atoms with Crippen molar-refractivity contribution in [2.75, 3.05) is 20.3 Å². The Morgan fingerprint density at radius 2 is 1.88 bits per heavy atom. The van der Waals surface area contributed by atoms with Crippen LogP contribution in [0.4, 0.5) is 4.39 Å². The molecule has 0 aliphatic carbocycles. The molecule has 0 radical (unpaired) electrons. The van der Waals surface area contributed by atoms with E-state index in [1.165, 1.54) is 19.2 Å². The molecule has 0 atom stereocenters. The Bertz CT molecular complexity index is 753. The SMILES string of the molecule is COc1ccc(C(=O)NCCOc2ccc(C(=S)NO)cc2)cc1F. The van der Waals surface area contributed by atoms with Crippen LogP contribution in [0.5, 0.6) is 11.5 Å². The van der Waals surface area contributed by atoms with Crippen molar-refractivity contribution in [3.8, 4) is 11.5 Å². The van der Waals surface area contributed by atoms with Crippen molar-refractivity contribution in [2.45, 2.75) is 0 Å².